The SMILES string of the molecule is CSc1nc(-c2ccco2)nc(C)c1C(=O)OCC(=O)c1ccc2c(c1)CCC(=O)N2. The fourth-order valence-corrected chi connectivity index (χ4v) is 3.90. The van der Waals surface area contributed by atoms with Crippen LogP contribution in [0, 0.1) is 6.92 Å². The van der Waals surface area contributed by atoms with Crippen molar-refractivity contribution in [3.05, 3.63) is 59.0 Å². The summed E-state index contributed by atoms with van der Waals surface area (Å²) in [7, 11) is 0. The molecule has 3 heterocycles. The van der Waals surface area contributed by atoms with Crippen LogP contribution in [0.25, 0.3) is 11.6 Å². The van der Waals surface area contributed by atoms with E-state index in [1.54, 1.807) is 43.5 Å². The largest absolute Gasteiger partial charge is 0.461 e. The quantitative estimate of drug-likeness (QED) is 0.269. The van der Waals surface area contributed by atoms with E-state index in [9.17, 15) is 14.4 Å². The highest BCUT2D eigenvalue weighted by Crippen LogP contribution is 2.26. The molecular weight excluding hydrogens is 418 g/mol. The monoisotopic (exact) mass is 437 g/mol. The molecule has 1 aliphatic rings. The van der Waals surface area contributed by atoms with E-state index in [4.69, 9.17) is 9.15 Å². The maximum Gasteiger partial charge on any atom is 0.343 e. The van der Waals surface area contributed by atoms with E-state index in [0.29, 0.717) is 46.4 Å². The summed E-state index contributed by atoms with van der Waals surface area (Å²) < 4.78 is 10.6. The Balaban J connectivity index is 1.48. The van der Waals surface area contributed by atoms with Crippen molar-refractivity contribution < 1.29 is 23.5 Å². The van der Waals surface area contributed by atoms with Gasteiger partial charge in [-0.3, -0.25) is 9.59 Å². The van der Waals surface area contributed by atoms with Gasteiger partial charge in [0.05, 0.1) is 12.0 Å². The van der Waals surface area contributed by atoms with Crippen molar-refractivity contribution in [2.24, 2.45) is 0 Å². The average Bonchev–Trinajstić information content (AvgIpc) is 3.31. The number of aryl methyl sites for hydroxylation is 2. The molecule has 31 heavy (non-hydrogen) atoms. The van der Waals surface area contributed by atoms with E-state index in [0.717, 1.165) is 5.56 Å². The summed E-state index contributed by atoms with van der Waals surface area (Å²) in [6, 6.07) is 8.50. The number of ketones is 1. The standard InChI is InChI=1S/C22H19N3O5S/c1-12-19(21(31-2)25-20(23-12)17-4-3-9-29-17)22(28)30-11-16(26)14-5-7-15-13(10-14)6-8-18(27)24-15/h3-5,7,9-10H,6,8,11H2,1-2H3,(H,24,27). The van der Waals surface area contributed by atoms with Gasteiger partial charge in [-0.2, -0.15) is 0 Å². The number of carbonyl (C=O) groups excluding carboxylic acids is 3. The van der Waals surface area contributed by atoms with Crippen molar-refractivity contribution in [2.45, 2.75) is 24.8 Å². The first kappa shape index (κ1) is 20.8. The molecule has 4 rings (SSSR count). The lowest BCUT2D eigenvalue weighted by Crippen LogP contribution is -2.20. The van der Waals surface area contributed by atoms with Crippen LogP contribution >= 0.6 is 11.8 Å². The lowest BCUT2D eigenvalue weighted by atomic mass is 9.99. The van der Waals surface area contributed by atoms with Crippen molar-refractivity contribution in [2.75, 3.05) is 18.2 Å². The summed E-state index contributed by atoms with van der Waals surface area (Å²) in [6.07, 6.45) is 4.26. The van der Waals surface area contributed by atoms with Crippen LogP contribution in [0.5, 0.6) is 0 Å². The van der Waals surface area contributed by atoms with Crippen molar-refractivity contribution in [3.63, 3.8) is 0 Å². The number of esters is 1. The second-order valence-electron chi connectivity index (χ2n) is 6.91. The first-order chi connectivity index (χ1) is 15.0. The molecule has 1 N–H and O–H groups in total. The smallest absolute Gasteiger partial charge is 0.343 e. The van der Waals surface area contributed by atoms with Gasteiger partial charge in [-0.1, -0.05) is 0 Å². The molecular formula is C22H19N3O5S. The zero-order valence-corrected chi connectivity index (χ0v) is 17.7. The summed E-state index contributed by atoms with van der Waals surface area (Å²) in [5.74, 6) is -0.158. The number of carbonyl (C=O) groups is 3. The minimum atomic E-state index is -0.661. The molecule has 0 saturated heterocycles. The van der Waals surface area contributed by atoms with Crippen LogP contribution in [-0.4, -0.2) is 40.5 Å². The number of furan rings is 1. The van der Waals surface area contributed by atoms with Gasteiger partial charge in [0.1, 0.15) is 10.6 Å². The number of fused-ring (bicyclic) bond motifs is 1. The van der Waals surface area contributed by atoms with E-state index < -0.39 is 12.6 Å². The number of hydrogen-bond acceptors (Lipinski definition) is 8. The lowest BCUT2D eigenvalue weighted by molar-refractivity contribution is -0.116. The van der Waals surface area contributed by atoms with Crippen molar-refractivity contribution >= 4 is 35.1 Å². The molecule has 0 spiro atoms. The van der Waals surface area contributed by atoms with Crippen LogP contribution in [0.15, 0.2) is 46.0 Å². The third kappa shape index (κ3) is 4.36. The number of nitrogens with one attached hydrogen (secondary N) is 1. The number of amides is 1. The summed E-state index contributed by atoms with van der Waals surface area (Å²) in [4.78, 5) is 45.5. The van der Waals surface area contributed by atoms with E-state index >= 15 is 0 Å². The van der Waals surface area contributed by atoms with Crippen LogP contribution in [0.4, 0.5) is 5.69 Å². The van der Waals surface area contributed by atoms with Gasteiger partial charge >= 0.3 is 5.97 Å². The highest BCUT2D eigenvalue weighted by molar-refractivity contribution is 7.98. The van der Waals surface area contributed by atoms with E-state index in [-0.39, 0.29) is 17.3 Å². The number of rotatable bonds is 6. The van der Waals surface area contributed by atoms with Gasteiger partial charge in [-0.15, -0.1) is 11.8 Å². The van der Waals surface area contributed by atoms with Crippen molar-refractivity contribution in [3.8, 4) is 11.6 Å². The molecule has 0 unspecified atom stereocenters. The van der Waals surface area contributed by atoms with Crippen molar-refractivity contribution in [1.82, 2.24) is 9.97 Å². The Kier molecular flexibility index (Phi) is 5.85. The number of Topliss-reactive ketones (excluding diaryl/α,β-unsaturated/α-hetero) is 1. The Bertz CT molecular complexity index is 1170. The fourth-order valence-electron chi connectivity index (χ4n) is 3.29. The molecule has 0 fully saturated rings. The Morgan fingerprint density at radius 1 is 1.23 bits per heavy atom. The predicted molar refractivity (Wildman–Crippen MR) is 114 cm³/mol. The summed E-state index contributed by atoms with van der Waals surface area (Å²) in [6.45, 7) is 1.28. The van der Waals surface area contributed by atoms with Gasteiger partial charge in [0.2, 0.25) is 5.91 Å². The number of ether oxygens (including phenoxy) is 1. The Labute approximate surface area is 182 Å². The van der Waals surface area contributed by atoms with Crippen LogP contribution < -0.4 is 5.32 Å². The van der Waals surface area contributed by atoms with Gasteiger partial charge < -0.3 is 14.5 Å². The zero-order valence-electron chi connectivity index (χ0n) is 16.9. The number of anilines is 1. The molecule has 8 nitrogen and oxygen atoms in total. The summed E-state index contributed by atoms with van der Waals surface area (Å²) in [5, 5.41) is 3.22. The van der Waals surface area contributed by atoms with Crippen LogP contribution in [-0.2, 0) is 16.0 Å². The molecule has 0 aliphatic carbocycles. The van der Waals surface area contributed by atoms with E-state index in [1.807, 2.05) is 0 Å². The number of aromatic nitrogens is 2. The van der Waals surface area contributed by atoms with Gasteiger partial charge in [0.25, 0.3) is 0 Å². The second-order valence-corrected chi connectivity index (χ2v) is 7.71. The number of thioether (sulfide) groups is 1. The average molecular weight is 437 g/mol. The normalized spacial score (nSPS) is 12.8. The highest BCUT2D eigenvalue weighted by Gasteiger charge is 2.23. The van der Waals surface area contributed by atoms with Crippen molar-refractivity contribution in [1.29, 1.82) is 0 Å². The summed E-state index contributed by atoms with van der Waals surface area (Å²) in [5.41, 5.74) is 2.68. The first-order valence-corrected chi connectivity index (χ1v) is 10.8. The van der Waals surface area contributed by atoms with Gasteiger partial charge in [-0.05, 0) is 55.5 Å². The minimum absolute atomic E-state index is 0.0410. The molecule has 158 valence electrons. The van der Waals surface area contributed by atoms with Crippen LogP contribution in [0.2, 0.25) is 0 Å². The maximum absolute atomic E-state index is 12.7. The molecule has 0 radical (unpaired) electrons. The zero-order chi connectivity index (χ0) is 22.0. The third-order valence-corrected chi connectivity index (χ3v) is 5.53. The Morgan fingerprint density at radius 3 is 2.81 bits per heavy atom. The molecule has 9 heteroatoms. The first-order valence-electron chi connectivity index (χ1n) is 9.56. The van der Waals surface area contributed by atoms with Gasteiger partial charge in [0.15, 0.2) is 24.0 Å². The van der Waals surface area contributed by atoms with E-state index in [2.05, 4.69) is 15.3 Å². The molecule has 0 saturated carbocycles. The van der Waals surface area contributed by atoms with E-state index in [1.165, 1.54) is 18.0 Å². The molecule has 1 aliphatic heterocycles. The minimum Gasteiger partial charge on any atom is -0.461 e. The molecule has 0 atom stereocenters. The van der Waals surface area contributed by atoms with Crippen LogP contribution in [0.3, 0.4) is 0 Å². The number of hydrogen-bond donors (Lipinski definition) is 1. The Morgan fingerprint density at radius 2 is 2.06 bits per heavy atom. The third-order valence-electron chi connectivity index (χ3n) is 4.85. The number of benzene rings is 1. The molecule has 2 aromatic heterocycles. The lowest BCUT2D eigenvalue weighted by Gasteiger charge is -2.17. The molecule has 1 amide bonds. The topological polar surface area (TPSA) is 111 Å². The number of nitrogens with zero attached hydrogens (tertiary/aromatic N) is 2. The molecule has 0 bridgehead atoms. The predicted octanol–water partition coefficient (Wildman–Crippen LogP) is 3.69. The highest BCUT2D eigenvalue weighted by atomic mass is 32.2. The summed E-state index contributed by atoms with van der Waals surface area (Å²) >= 11 is 1.28. The van der Waals surface area contributed by atoms with Gasteiger partial charge in [-0.25, -0.2) is 14.8 Å². The molecule has 1 aromatic carbocycles. The maximum atomic E-state index is 12.7. The Hall–Kier alpha value is -3.46. The van der Waals surface area contributed by atoms with Gasteiger partial charge in [0, 0.05) is 17.7 Å². The van der Waals surface area contributed by atoms with Crippen LogP contribution in [0.1, 0.15) is 38.4 Å². The second kappa shape index (κ2) is 8.73. The molecule has 3 aromatic rings. The fraction of sp³-hybridized carbons (Fsp3) is 0.227.